The molecule has 2 unspecified atom stereocenters. The molecule has 1 saturated heterocycles. The van der Waals surface area contributed by atoms with Crippen molar-refractivity contribution >= 4 is 27.7 Å². The van der Waals surface area contributed by atoms with Crippen LogP contribution in [-0.2, 0) is 6.42 Å². The first-order valence-corrected chi connectivity index (χ1v) is 9.02. The zero-order chi connectivity index (χ0) is 14.5. The zero-order valence-electron chi connectivity index (χ0n) is 12.0. The Balaban J connectivity index is 2.09. The van der Waals surface area contributed by atoms with Crippen molar-refractivity contribution in [2.75, 3.05) is 31.6 Å². The molecule has 0 bridgehead atoms. The lowest BCUT2D eigenvalue weighted by atomic mass is 9.99. The van der Waals surface area contributed by atoms with E-state index >= 15 is 0 Å². The molecule has 1 aromatic rings. The number of hydrogen-bond donors (Lipinski definition) is 1. The molecule has 20 heavy (non-hydrogen) atoms. The fraction of sp³-hybridized carbons (Fsp3) is 0.600. The number of nitrogens with zero attached hydrogens (tertiary/aromatic N) is 1. The van der Waals surface area contributed by atoms with Gasteiger partial charge in [0.1, 0.15) is 5.82 Å². The second-order valence-corrected chi connectivity index (χ2v) is 7.24. The summed E-state index contributed by atoms with van der Waals surface area (Å²) in [5.74, 6) is 2.18. The van der Waals surface area contributed by atoms with Crippen LogP contribution in [0.3, 0.4) is 0 Å². The Morgan fingerprint density at radius 1 is 1.55 bits per heavy atom. The molecule has 1 N–H and O–H groups in total. The first kappa shape index (κ1) is 16.3. The van der Waals surface area contributed by atoms with Gasteiger partial charge in [-0.15, -0.1) is 0 Å². The highest BCUT2D eigenvalue weighted by Crippen LogP contribution is 2.22. The standard InChI is InChI=1S/C15H22BrFN2S/c1-3-18-14(15-10-20-7-6-19(15)2)9-11-4-5-13(17)12(16)8-11/h4-5,8,14-15,18H,3,6-7,9-10H2,1-2H3. The Hall–Kier alpha value is -0.100. The van der Waals surface area contributed by atoms with Crippen LogP contribution in [0.15, 0.2) is 22.7 Å². The van der Waals surface area contributed by atoms with Gasteiger partial charge in [-0.1, -0.05) is 13.0 Å². The third-order valence-electron chi connectivity index (χ3n) is 3.81. The zero-order valence-corrected chi connectivity index (χ0v) is 14.4. The van der Waals surface area contributed by atoms with E-state index in [4.69, 9.17) is 0 Å². The lowest BCUT2D eigenvalue weighted by Crippen LogP contribution is -2.53. The van der Waals surface area contributed by atoms with Crippen molar-refractivity contribution in [3.8, 4) is 0 Å². The first-order valence-electron chi connectivity index (χ1n) is 7.07. The molecule has 0 spiro atoms. The summed E-state index contributed by atoms with van der Waals surface area (Å²) in [6.07, 6.45) is 0.933. The molecule has 0 aliphatic carbocycles. The SMILES string of the molecule is CCNC(Cc1ccc(F)c(Br)c1)C1CSCCN1C. The predicted octanol–water partition coefficient (Wildman–Crippen LogP) is 3.16. The van der Waals surface area contributed by atoms with Gasteiger partial charge in [0, 0.05) is 30.1 Å². The van der Waals surface area contributed by atoms with Crippen LogP contribution >= 0.6 is 27.7 Å². The average molecular weight is 361 g/mol. The Morgan fingerprint density at radius 3 is 3.00 bits per heavy atom. The maximum Gasteiger partial charge on any atom is 0.137 e. The van der Waals surface area contributed by atoms with Crippen molar-refractivity contribution in [2.45, 2.75) is 25.4 Å². The van der Waals surface area contributed by atoms with E-state index in [0.717, 1.165) is 25.3 Å². The van der Waals surface area contributed by atoms with Crippen LogP contribution in [0, 0.1) is 5.82 Å². The van der Waals surface area contributed by atoms with Crippen LogP contribution in [0.5, 0.6) is 0 Å². The third kappa shape index (κ3) is 4.20. The van der Waals surface area contributed by atoms with E-state index in [1.807, 2.05) is 23.9 Å². The van der Waals surface area contributed by atoms with Gasteiger partial charge in [0.2, 0.25) is 0 Å². The molecule has 1 aromatic carbocycles. The molecule has 5 heteroatoms. The number of nitrogens with one attached hydrogen (secondary N) is 1. The van der Waals surface area contributed by atoms with Crippen molar-refractivity contribution in [1.29, 1.82) is 0 Å². The Labute approximate surface area is 133 Å². The number of hydrogen-bond acceptors (Lipinski definition) is 3. The van der Waals surface area contributed by atoms with Crippen molar-refractivity contribution in [3.63, 3.8) is 0 Å². The highest BCUT2D eigenvalue weighted by Gasteiger charge is 2.27. The molecule has 2 atom stereocenters. The average Bonchev–Trinajstić information content (AvgIpc) is 2.43. The Kier molecular flexibility index (Phi) is 6.33. The van der Waals surface area contributed by atoms with Crippen molar-refractivity contribution in [2.24, 2.45) is 0 Å². The van der Waals surface area contributed by atoms with Gasteiger partial charge < -0.3 is 10.2 Å². The molecule has 0 amide bonds. The smallest absolute Gasteiger partial charge is 0.137 e. The second kappa shape index (κ2) is 7.78. The van der Waals surface area contributed by atoms with Crippen LogP contribution in [-0.4, -0.2) is 48.6 Å². The minimum absolute atomic E-state index is 0.195. The first-order chi connectivity index (χ1) is 9.61. The molecule has 2 rings (SSSR count). The van der Waals surface area contributed by atoms with Gasteiger partial charge in [-0.3, -0.25) is 0 Å². The minimum Gasteiger partial charge on any atom is -0.312 e. The molecule has 0 aromatic heterocycles. The molecule has 1 fully saturated rings. The van der Waals surface area contributed by atoms with Crippen LogP contribution in [0.4, 0.5) is 4.39 Å². The number of halogens is 2. The number of likely N-dealkylation sites (N-methyl/N-ethyl adjacent to an activating group) is 2. The van der Waals surface area contributed by atoms with Crippen LogP contribution in [0.1, 0.15) is 12.5 Å². The second-order valence-electron chi connectivity index (χ2n) is 5.24. The number of thioether (sulfide) groups is 1. The maximum absolute atomic E-state index is 13.3. The van der Waals surface area contributed by atoms with Crippen molar-refractivity contribution in [3.05, 3.63) is 34.1 Å². The van der Waals surface area contributed by atoms with Crippen LogP contribution in [0.2, 0.25) is 0 Å². The van der Waals surface area contributed by atoms with E-state index in [9.17, 15) is 4.39 Å². The number of benzene rings is 1. The number of rotatable bonds is 5. The fourth-order valence-corrected chi connectivity index (χ4v) is 4.39. The maximum atomic E-state index is 13.3. The predicted molar refractivity (Wildman–Crippen MR) is 89.0 cm³/mol. The fourth-order valence-electron chi connectivity index (χ4n) is 2.66. The molecule has 1 heterocycles. The quantitative estimate of drug-likeness (QED) is 0.868. The van der Waals surface area contributed by atoms with Gasteiger partial charge in [0.15, 0.2) is 0 Å². The summed E-state index contributed by atoms with van der Waals surface area (Å²) >= 11 is 5.30. The summed E-state index contributed by atoms with van der Waals surface area (Å²) in [5.41, 5.74) is 1.17. The van der Waals surface area contributed by atoms with Crippen LogP contribution < -0.4 is 5.32 Å². The summed E-state index contributed by atoms with van der Waals surface area (Å²) in [5, 5.41) is 3.60. The van der Waals surface area contributed by atoms with Gasteiger partial charge in [0.05, 0.1) is 4.47 Å². The van der Waals surface area contributed by atoms with Gasteiger partial charge >= 0.3 is 0 Å². The van der Waals surface area contributed by atoms with E-state index < -0.39 is 0 Å². The third-order valence-corrected chi connectivity index (χ3v) is 5.47. The monoisotopic (exact) mass is 360 g/mol. The molecular formula is C15H22BrFN2S. The summed E-state index contributed by atoms with van der Waals surface area (Å²) in [6, 6.07) is 6.28. The molecule has 1 aliphatic heterocycles. The van der Waals surface area contributed by atoms with E-state index in [2.05, 4.69) is 40.1 Å². The molecule has 0 radical (unpaired) electrons. The summed E-state index contributed by atoms with van der Waals surface area (Å²) < 4.78 is 13.9. The van der Waals surface area contributed by atoms with E-state index in [0.29, 0.717) is 16.6 Å². The Morgan fingerprint density at radius 2 is 2.35 bits per heavy atom. The van der Waals surface area contributed by atoms with Gasteiger partial charge in [-0.05, 0) is 53.6 Å². The van der Waals surface area contributed by atoms with Gasteiger partial charge in [-0.2, -0.15) is 11.8 Å². The minimum atomic E-state index is -0.195. The van der Waals surface area contributed by atoms with Crippen molar-refractivity contribution in [1.82, 2.24) is 10.2 Å². The highest BCUT2D eigenvalue weighted by molar-refractivity contribution is 9.10. The van der Waals surface area contributed by atoms with Gasteiger partial charge in [-0.25, -0.2) is 4.39 Å². The summed E-state index contributed by atoms with van der Waals surface area (Å²) in [6.45, 7) is 4.25. The molecular weight excluding hydrogens is 339 g/mol. The van der Waals surface area contributed by atoms with E-state index in [1.54, 1.807) is 6.07 Å². The molecule has 0 saturated carbocycles. The van der Waals surface area contributed by atoms with Crippen LogP contribution in [0.25, 0.3) is 0 Å². The van der Waals surface area contributed by atoms with Crippen molar-refractivity contribution < 1.29 is 4.39 Å². The van der Waals surface area contributed by atoms with E-state index in [1.165, 1.54) is 11.3 Å². The summed E-state index contributed by atoms with van der Waals surface area (Å²) in [4.78, 5) is 2.45. The normalized spacial score (nSPS) is 21.9. The lowest BCUT2D eigenvalue weighted by molar-refractivity contribution is 0.215. The highest BCUT2D eigenvalue weighted by atomic mass is 79.9. The van der Waals surface area contributed by atoms with E-state index in [-0.39, 0.29) is 5.82 Å². The molecule has 2 nitrogen and oxygen atoms in total. The Bertz CT molecular complexity index is 444. The molecule has 112 valence electrons. The molecule has 1 aliphatic rings. The van der Waals surface area contributed by atoms with Gasteiger partial charge in [0.25, 0.3) is 0 Å². The summed E-state index contributed by atoms with van der Waals surface area (Å²) in [7, 11) is 2.20. The lowest BCUT2D eigenvalue weighted by Gasteiger charge is -2.38. The largest absolute Gasteiger partial charge is 0.312 e. The topological polar surface area (TPSA) is 15.3 Å².